The summed E-state index contributed by atoms with van der Waals surface area (Å²) in [6.07, 6.45) is 0.646. The second-order valence-corrected chi connectivity index (χ2v) is 5.91. The molecule has 0 fully saturated rings. The molecule has 0 heterocycles. The van der Waals surface area contributed by atoms with E-state index in [1.807, 2.05) is 12.1 Å². The Bertz CT molecular complexity index is 859. The lowest BCUT2D eigenvalue weighted by Gasteiger charge is -2.10. The van der Waals surface area contributed by atoms with Gasteiger partial charge in [-0.2, -0.15) is 10.5 Å². The maximum atomic E-state index is 11.4. The standard InChI is InChI=1S/C12H13NO2.C10H9NO2/c1-3-15-12(14)9(2)11-6-4-10(8-13)5-7-11;11-7-9-3-1-8(2-4-9)5-6-10(12)13/h4-7,9H,3H2,1-2H3;1-4H,5-6H2,(H,12,13). The van der Waals surface area contributed by atoms with Gasteiger partial charge >= 0.3 is 11.9 Å². The predicted octanol–water partition coefficient (Wildman–Crippen LogP) is 3.80. The predicted molar refractivity (Wildman–Crippen MR) is 103 cm³/mol. The third-order valence-corrected chi connectivity index (χ3v) is 3.89. The van der Waals surface area contributed by atoms with Crippen LogP contribution >= 0.6 is 0 Å². The summed E-state index contributed by atoms with van der Waals surface area (Å²) < 4.78 is 4.91. The number of rotatable bonds is 6. The van der Waals surface area contributed by atoms with E-state index in [1.165, 1.54) is 0 Å². The maximum absolute atomic E-state index is 11.4. The van der Waals surface area contributed by atoms with Gasteiger partial charge in [-0.05, 0) is 55.7 Å². The first-order valence-corrected chi connectivity index (χ1v) is 8.78. The van der Waals surface area contributed by atoms with E-state index in [9.17, 15) is 9.59 Å². The molecule has 144 valence electrons. The van der Waals surface area contributed by atoms with E-state index >= 15 is 0 Å². The molecule has 0 saturated heterocycles. The number of carboxylic acid groups (broad SMARTS) is 1. The second kappa shape index (κ2) is 11.9. The van der Waals surface area contributed by atoms with Crippen LogP contribution in [0.15, 0.2) is 48.5 Å². The van der Waals surface area contributed by atoms with Crippen molar-refractivity contribution >= 4 is 11.9 Å². The molecule has 2 aromatic rings. The Morgan fingerprint density at radius 1 is 1.00 bits per heavy atom. The summed E-state index contributed by atoms with van der Waals surface area (Å²) in [4.78, 5) is 21.7. The summed E-state index contributed by atoms with van der Waals surface area (Å²) >= 11 is 0. The van der Waals surface area contributed by atoms with Crippen LogP contribution in [0.5, 0.6) is 0 Å². The van der Waals surface area contributed by atoms with Crippen LogP contribution in [0.2, 0.25) is 0 Å². The zero-order chi connectivity index (χ0) is 20.9. The molecule has 1 unspecified atom stereocenters. The van der Waals surface area contributed by atoms with Gasteiger partial charge in [0.1, 0.15) is 0 Å². The molecule has 0 aliphatic rings. The van der Waals surface area contributed by atoms with E-state index in [0.717, 1.165) is 11.1 Å². The number of aliphatic carboxylic acids is 1. The van der Waals surface area contributed by atoms with Gasteiger partial charge < -0.3 is 9.84 Å². The topological polar surface area (TPSA) is 111 Å². The van der Waals surface area contributed by atoms with Gasteiger partial charge in [0.2, 0.25) is 0 Å². The first-order valence-electron chi connectivity index (χ1n) is 8.78. The highest BCUT2D eigenvalue weighted by molar-refractivity contribution is 5.77. The molecule has 2 aromatic carbocycles. The lowest BCUT2D eigenvalue weighted by molar-refractivity contribution is -0.144. The number of hydrogen-bond donors (Lipinski definition) is 1. The van der Waals surface area contributed by atoms with Gasteiger partial charge in [-0.25, -0.2) is 0 Å². The molecule has 0 aliphatic heterocycles. The lowest BCUT2D eigenvalue weighted by Crippen LogP contribution is -2.12. The van der Waals surface area contributed by atoms with Crippen LogP contribution in [0, 0.1) is 22.7 Å². The third-order valence-electron chi connectivity index (χ3n) is 3.89. The molecule has 28 heavy (non-hydrogen) atoms. The summed E-state index contributed by atoms with van der Waals surface area (Å²) in [5, 5.41) is 25.5. The molecule has 6 nitrogen and oxygen atoms in total. The normalized spacial score (nSPS) is 10.4. The highest BCUT2D eigenvalue weighted by Gasteiger charge is 2.15. The molecule has 2 rings (SSSR count). The molecule has 6 heteroatoms. The number of carboxylic acids is 1. The van der Waals surface area contributed by atoms with Crippen LogP contribution in [0.4, 0.5) is 0 Å². The van der Waals surface area contributed by atoms with Crippen molar-refractivity contribution in [2.24, 2.45) is 0 Å². The van der Waals surface area contributed by atoms with Gasteiger partial charge in [0, 0.05) is 6.42 Å². The number of esters is 1. The number of benzene rings is 2. The van der Waals surface area contributed by atoms with E-state index in [0.29, 0.717) is 24.2 Å². The summed E-state index contributed by atoms with van der Waals surface area (Å²) in [6, 6.07) is 17.9. The summed E-state index contributed by atoms with van der Waals surface area (Å²) in [6.45, 7) is 3.96. The Labute approximate surface area is 164 Å². The highest BCUT2D eigenvalue weighted by Crippen LogP contribution is 2.17. The molecular weight excluding hydrogens is 356 g/mol. The van der Waals surface area contributed by atoms with E-state index in [2.05, 4.69) is 0 Å². The lowest BCUT2D eigenvalue weighted by atomic mass is 10.0. The molecule has 0 radical (unpaired) electrons. The van der Waals surface area contributed by atoms with E-state index in [4.69, 9.17) is 20.4 Å². The highest BCUT2D eigenvalue weighted by atomic mass is 16.5. The molecule has 0 spiro atoms. The quantitative estimate of drug-likeness (QED) is 0.765. The van der Waals surface area contributed by atoms with Crippen molar-refractivity contribution in [1.29, 1.82) is 10.5 Å². The average molecular weight is 378 g/mol. The molecule has 1 atom stereocenters. The Hall–Kier alpha value is -3.64. The van der Waals surface area contributed by atoms with Crippen molar-refractivity contribution in [1.82, 2.24) is 0 Å². The van der Waals surface area contributed by atoms with E-state index < -0.39 is 5.97 Å². The fourth-order valence-electron chi connectivity index (χ4n) is 2.25. The Morgan fingerprint density at radius 3 is 1.93 bits per heavy atom. The number of carbonyl (C=O) groups excluding carboxylic acids is 1. The van der Waals surface area contributed by atoms with E-state index in [-0.39, 0.29) is 18.3 Å². The van der Waals surface area contributed by atoms with Crippen molar-refractivity contribution in [3.63, 3.8) is 0 Å². The minimum absolute atomic E-state index is 0.131. The fraction of sp³-hybridized carbons (Fsp3) is 0.273. The number of ether oxygens (including phenoxy) is 1. The summed E-state index contributed by atoms with van der Waals surface area (Å²) in [5.74, 6) is -1.32. The first-order chi connectivity index (χ1) is 13.4. The fourth-order valence-corrected chi connectivity index (χ4v) is 2.25. The van der Waals surface area contributed by atoms with Crippen LogP contribution in [0.3, 0.4) is 0 Å². The van der Waals surface area contributed by atoms with Crippen molar-refractivity contribution in [3.8, 4) is 12.1 Å². The van der Waals surface area contributed by atoms with Crippen LogP contribution in [0.1, 0.15) is 48.4 Å². The zero-order valence-electron chi connectivity index (χ0n) is 15.9. The SMILES string of the molecule is CCOC(=O)C(C)c1ccc(C#N)cc1.N#Cc1ccc(CCC(=O)O)cc1. The number of nitriles is 2. The average Bonchev–Trinajstić information content (AvgIpc) is 2.72. The molecule has 0 aliphatic carbocycles. The number of carbonyl (C=O) groups is 2. The van der Waals surface area contributed by atoms with Gasteiger partial charge in [0.05, 0.1) is 35.8 Å². The van der Waals surface area contributed by atoms with Gasteiger partial charge in [0.15, 0.2) is 0 Å². The van der Waals surface area contributed by atoms with Gasteiger partial charge in [-0.1, -0.05) is 24.3 Å². The Kier molecular flexibility index (Phi) is 9.50. The summed E-state index contributed by atoms with van der Waals surface area (Å²) in [5.41, 5.74) is 3.00. The number of hydrogen-bond acceptors (Lipinski definition) is 5. The molecule has 0 bridgehead atoms. The van der Waals surface area contributed by atoms with Crippen molar-refractivity contribution in [3.05, 3.63) is 70.8 Å². The second-order valence-electron chi connectivity index (χ2n) is 5.91. The first kappa shape index (κ1) is 22.4. The van der Waals surface area contributed by atoms with Gasteiger partial charge in [-0.3, -0.25) is 9.59 Å². The van der Waals surface area contributed by atoms with Crippen molar-refractivity contribution in [2.75, 3.05) is 6.61 Å². The Morgan fingerprint density at radius 2 is 1.50 bits per heavy atom. The summed E-state index contributed by atoms with van der Waals surface area (Å²) in [7, 11) is 0. The van der Waals surface area contributed by atoms with Crippen LogP contribution < -0.4 is 0 Å². The zero-order valence-corrected chi connectivity index (χ0v) is 15.9. The maximum Gasteiger partial charge on any atom is 0.313 e. The van der Waals surface area contributed by atoms with Crippen LogP contribution in [0.25, 0.3) is 0 Å². The van der Waals surface area contributed by atoms with Crippen LogP contribution in [-0.2, 0) is 20.7 Å². The number of nitrogens with zero attached hydrogens (tertiary/aromatic N) is 2. The molecule has 0 amide bonds. The van der Waals surface area contributed by atoms with Crippen LogP contribution in [-0.4, -0.2) is 23.7 Å². The van der Waals surface area contributed by atoms with Gasteiger partial charge in [0.25, 0.3) is 0 Å². The number of aryl methyl sites for hydroxylation is 1. The smallest absolute Gasteiger partial charge is 0.313 e. The molecular formula is C22H22N2O4. The molecule has 0 saturated carbocycles. The largest absolute Gasteiger partial charge is 0.481 e. The van der Waals surface area contributed by atoms with Crippen molar-refractivity contribution < 1.29 is 19.4 Å². The molecule has 1 N–H and O–H groups in total. The minimum Gasteiger partial charge on any atom is -0.481 e. The monoisotopic (exact) mass is 378 g/mol. The molecule has 0 aromatic heterocycles. The van der Waals surface area contributed by atoms with E-state index in [1.54, 1.807) is 62.4 Å². The third kappa shape index (κ3) is 7.72. The minimum atomic E-state index is -0.802. The van der Waals surface area contributed by atoms with Crippen molar-refractivity contribution in [2.45, 2.75) is 32.6 Å². The Balaban J connectivity index is 0.000000283. The van der Waals surface area contributed by atoms with Gasteiger partial charge in [-0.15, -0.1) is 0 Å².